The van der Waals surface area contributed by atoms with Gasteiger partial charge in [-0.15, -0.1) is 0 Å². The Balaban J connectivity index is 2.02. The minimum atomic E-state index is -3.39. The van der Waals surface area contributed by atoms with Crippen molar-refractivity contribution >= 4 is 15.7 Å². The molecule has 4 N–H and O–H groups in total. The van der Waals surface area contributed by atoms with E-state index in [0.717, 1.165) is 19.3 Å². The molecule has 1 aromatic carbocycles. The lowest BCUT2D eigenvalue weighted by atomic mass is 10.1. The van der Waals surface area contributed by atoms with E-state index in [2.05, 4.69) is 4.72 Å². The van der Waals surface area contributed by atoms with Crippen LogP contribution in [0.3, 0.4) is 0 Å². The van der Waals surface area contributed by atoms with Gasteiger partial charge in [-0.2, -0.15) is 0 Å². The Morgan fingerprint density at radius 3 is 2.84 bits per heavy atom. The third-order valence-electron chi connectivity index (χ3n) is 3.53. The first kappa shape index (κ1) is 14.3. The molecule has 1 aromatic rings. The summed E-state index contributed by atoms with van der Waals surface area (Å²) in [6.07, 6.45) is 2.63. The highest BCUT2D eigenvalue weighted by Crippen LogP contribution is 2.26. The van der Waals surface area contributed by atoms with Crippen molar-refractivity contribution < 1.29 is 13.5 Å². The lowest BCUT2D eigenvalue weighted by molar-refractivity contribution is 0.213. The number of nitrogens with two attached hydrogens (primary N) is 1. The van der Waals surface area contributed by atoms with Gasteiger partial charge in [0.2, 0.25) is 10.0 Å². The molecular formula is C13H20N2O3S. The van der Waals surface area contributed by atoms with Gasteiger partial charge in [-0.1, -0.05) is 18.6 Å². The second kappa shape index (κ2) is 5.90. The van der Waals surface area contributed by atoms with Crippen molar-refractivity contribution in [2.75, 3.05) is 12.3 Å². The first-order valence-electron chi connectivity index (χ1n) is 6.45. The summed E-state index contributed by atoms with van der Waals surface area (Å²) in [7, 11) is -3.39. The molecule has 6 heteroatoms. The summed E-state index contributed by atoms with van der Waals surface area (Å²) in [6, 6.07) is 6.73. The van der Waals surface area contributed by atoms with Gasteiger partial charge in [0.25, 0.3) is 0 Å². The van der Waals surface area contributed by atoms with Crippen molar-refractivity contribution in [1.82, 2.24) is 4.72 Å². The zero-order valence-electron chi connectivity index (χ0n) is 10.7. The number of nitrogens with one attached hydrogen (secondary N) is 1. The summed E-state index contributed by atoms with van der Waals surface area (Å²) >= 11 is 0. The Labute approximate surface area is 113 Å². The number of aliphatic hydroxyl groups excluding tert-OH is 1. The highest BCUT2D eigenvalue weighted by molar-refractivity contribution is 7.88. The van der Waals surface area contributed by atoms with E-state index in [1.165, 1.54) is 0 Å². The predicted molar refractivity (Wildman–Crippen MR) is 74.8 cm³/mol. The van der Waals surface area contributed by atoms with Crippen molar-refractivity contribution in [3.8, 4) is 0 Å². The van der Waals surface area contributed by atoms with Gasteiger partial charge >= 0.3 is 0 Å². The van der Waals surface area contributed by atoms with Crippen LogP contribution < -0.4 is 10.5 Å². The maximum Gasteiger partial charge on any atom is 0.216 e. The molecule has 0 saturated heterocycles. The molecule has 0 aliphatic heterocycles. The molecule has 2 rings (SSSR count). The highest BCUT2D eigenvalue weighted by Gasteiger charge is 2.30. The van der Waals surface area contributed by atoms with Gasteiger partial charge in [-0.3, -0.25) is 0 Å². The van der Waals surface area contributed by atoms with Crippen LogP contribution in [-0.2, 0) is 15.8 Å². The Hall–Kier alpha value is -1.11. The van der Waals surface area contributed by atoms with E-state index in [4.69, 9.17) is 5.73 Å². The van der Waals surface area contributed by atoms with Crippen LogP contribution in [0, 0.1) is 5.92 Å². The third kappa shape index (κ3) is 3.92. The zero-order valence-corrected chi connectivity index (χ0v) is 11.6. The Bertz CT molecular complexity index is 530. The Morgan fingerprint density at radius 2 is 2.16 bits per heavy atom. The SMILES string of the molecule is Nc1cccc(CS(=O)(=O)NC2CCCC2CO)c1. The van der Waals surface area contributed by atoms with Gasteiger partial charge in [-0.05, 0) is 36.5 Å². The maximum atomic E-state index is 12.1. The lowest BCUT2D eigenvalue weighted by Crippen LogP contribution is -2.39. The van der Waals surface area contributed by atoms with E-state index >= 15 is 0 Å². The summed E-state index contributed by atoms with van der Waals surface area (Å²) in [6.45, 7) is 0.0332. The number of nitrogen functional groups attached to an aromatic ring is 1. The average Bonchev–Trinajstić information content (AvgIpc) is 2.74. The summed E-state index contributed by atoms with van der Waals surface area (Å²) in [5, 5.41) is 9.21. The van der Waals surface area contributed by atoms with Crippen LogP contribution in [0.15, 0.2) is 24.3 Å². The average molecular weight is 284 g/mol. The van der Waals surface area contributed by atoms with E-state index in [0.29, 0.717) is 11.3 Å². The van der Waals surface area contributed by atoms with Crippen LogP contribution in [0.1, 0.15) is 24.8 Å². The molecule has 1 aliphatic rings. The minimum absolute atomic E-state index is 0.0332. The van der Waals surface area contributed by atoms with Crippen molar-refractivity contribution in [1.29, 1.82) is 0 Å². The molecule has 2 atom stereocenters. The minimum Gasteiger partial charge on any atom is -0.399 e. The highest BCUT2D eigenvalue weighted by atomic mass is 32.2. The molecule has 1 fully saturated rings. The largest absolute Gasteiger partial charge is 0.399 e. The van der Waals surface area contributed by atoms with Crippen molar-refractivity contribution in [2.45, 2.75) is 31.1 Å². The molecule has 0 bridgehead atoms. The normalized spacial score (nSPS) is 23.6. The first-order chi connectivity index (χ1) is 9.00. The number of benzene rings is 1. The molecule has 0 aromatic heterocycles. The van der Waals surface area contributed by atoms with Gasteiger partial charge in [0.15, 0.2) is 0 Å². The number of hydrogen-bond donors (Lipinski definition) is 3. The van der Waals surface area contributed by atoms with Gasteiger partial charge in [0.05, 0.1) is 5.75 Å². The lowest BCUT2D eigenvalue weighted by Gasteiger charge is -2.19. The van der Waals surface area contributed by atoms with E-state index in [1.807, 2.05) is 0 Å². The van der Waals surface area contributed by atoms with Crippen molar-refractivity contribution in [2.24, 2.45) is 5.92 Å². The first-order valence-corrected chi connectivity index (χ1v) is 8.10. The fourth-order valence-electron chi connectivity index (χ4n) is 2.59. The van der Waals surface area contributed by atoms with Crippen LogP contribution in [-0.4, -0.2) is 26.2 Å². The number of sulfonamides is 1. The summed E-state index contributed by atoms with van der Waals surface area (Å²) in [4.78, 5) is 0. The molecule has 106 valence electrons. The van der Waals surface area contributed by atoms with Crippen LogP contribution in [0.4, 0.5) is 5.69 Å². The van der Waals surface area contributed by atoms with E-state index in [1.54, 1.807) is 24.3 Å². The number of aliphatic hydroxyl groups is 1. The van der Waals surface area contributed by atoms with Crippen LogP contribution in [0.2, 0.25) is 0 Å². The summed E-state index contributed by atoms with van der Waals surface area (Å²) in [5.41, 5.74) is 6.87. The van der Waals surface area contributed by atoms with Crippen LogP contribution in [0.5, 0.6) is 0 Å². The number of rotatable bonds is 5. The fourth-order valence-corrected chi connectivity index (χ4v) is 4.06. The quantitative estimate of drug-likeness (QED) is 0.699. The second-order valence-electron chi connectivity index (χ2n) is 5.10. The van der Waals surface area contributed by atoms with E-state index < -0.39 is 10.0 Å². The predicted octanol–water partition coefficient (Wildman–Crippen LogP) is 0.849. The molecule has 19 heavy (non-hydrogen) atoms. The monoisotopic (exact) mass is 284 g/mol. The molecule has 0 heterocycles. The third-order valence-corrected chi connectivity index (χ3v) is 4.91. The molecule has 0 spiro atoms. The molecule has 0 radical (unpaired) electrons. The Kier molecular flexibility index (Phi) is 4.44. The second-order valence-corrected chi connectivity index (χ2v) is 6.86. The van der Waals surface area contributed by atoms with Gasteiger partial charge in [0.1, 0.15) is 0 Å². The molecule has 0 amide bonds. The molecule has 5 nitrogen and oxygen atoms in total. The van der Waals surface area contributed by atoms with Gasteiger partial charge in [-0.25, -0.2) is 13.1 Å². The summed E-state index contributed by atoms with van der Waals surface area (Å²) in [5.74, 6) is -0.0391. The number of hydrogen-bond acceptors (Lipinski definition) is 4. The number of anilines is 1. The van der Waals surface area contributed by atoms with E-state index in [9.17, 15) is 13.5 Å². The molecular weight excluding hydrogens is 264 g/mol. The van der Waals surface area contributed by atoms with E-state index in [-0.39, 0.29) is 24.3 Å². The van der Waals surface area contributed by atoms with Crippen LogP contribution in [0.25, 0.3) is 0 Å². The standard InChI is InChI=1S/C13H20N2O3S/c14-12-5-1-3-10(7-12)9-19(17,18)15-13-6-2-4-11(13)8-16/h1,3,5,7,11,13,15-16H,2,4,6,8-9,14H2. The molecule has 1 aliphatic carbocycles. The Morgan fingerprint density at radius 1 is 1.37 bits per heavy atom. The van der Waals surface area contributed by atoms with Crippen molar-refractivity contribution in [3.05, 3.63) is 29.8 Å². The maximum absolute atomic E-state index is 12.1. The molecule has 1 saturated carbocycles. The molecule has 2 unspecified atom stereocenters. The smallest absolute Gasteiger partial charge is 0.216 e. The van der Waals surface area contributed by atoms with Crippen molar-refractivity contribution in [3.63, 3.8) is 0 Å². The topological polar surface area (TPSA) is 92.4 Å². The van der Waals surface area contributed by atoms with Gasteiger partial charge in [0, 0.05) is 18.3 Å². The van der Waals surface area contributed by atoms with Crippen LogP contribution >= 0.6 is 0 Å². The summed E-state index contributed by atoms with van der Waals surface area (Å²) < 4.78 is 26.9. The zero-order chi connectivity index (χ0) is 13.9. The fraction of sp³-hybridized carbons (Fsp3) is 0.538. The van der Waals surface area contributed by atoms with Gasteiger partial charge < -0.3 is 10.8 Å².